The number of aromatic nitrogens is 4. The smallest absolute Gasteiger partial charge is 0.329 e. The van der Waals surface area contributed by atoms with Crippen LogP contribution in [0.1, 0.15) is 74.6 Å². The summed E-state index contributed by atoms with van der Waals surface area (Å²) in [6.07, 6.45) is 7.34. The summed E-state index contributed by atoms with van der Waals surface area (Å²) in [4.78, 5) is 48.9. The fourth-order valence-corrected chi connectivity index (χ4v) is 12.9. The van der Waals surface area contributed by atoms with Crippen molar-refractivity contribution >= 4 is 55.5 Å². The summed E-state index contributed by atoms with van der Waals surface area (Å²) in [5, 5.41) is 23.4. The fraction of sp³-hybridized carbons (Fsp3) is 0.478. The van der Waals surface area contributed by atoms with Gasteiger partial charge in [0.25, 0.3) is 15.8 Å². The van der Waals surface area contributed by atoms with E-state index in [9.17, 15) is 28.1 Å². The third kappa shape index (κ3) is 7.22. The van der Waals surface area contributed by atoms with Crippen LogP contribution in [0.3, 0.4) is 0 Å². The number of hydrogen-bond donors (Lipinski definition) is 2. The number of aryl methyl sites for hydroxylation is 1. The molecule has 3 N–H and O–H groups in total. The van der Waals surface area contributed by atoms with Gasteiger partial charge in [0.15, 0.2) is 17.4 Å². The summed E-state index contributed by atoms with van der Waals surface area (Å²) >= 11 is 0. The van der Waals surface area contributed by atoms with Crippen LogP contribution in [0.5, 0.6) is 11.5 Å². The molecule has 2 unspecified atom stereocenters. The number of rotatable bonds is 9. The first kappa shape index (κ1) is 43.5. The molecule has 6 fully saturated rings. The predicted molar refractivity (Wildman–Crippen MR) is 241 cm³/mol. The zero-order chi connectivity index (χ0) is 46.7. The van der Waals surface area contributed by atoms with Crippen LogP contribution in [0.25, 0.3) is 21.8 Å². The molecule has 350 valence electrons. The van der Waals surface area contributed by atoms with Gasteiger partial charge in [-0.25, -0.2) is 23.7 Å². The second kappa shape index (κ2) is 15.8. The van der Waals surface area contributed by atoms with E-state index < -0.39 is 40.0 Å². The molecule has 18 nitrogen and oxygen atoms in total. The Kier molecular flexibility index (Phi) is 10.2. The summed E-state index contributed by atoms with van der Waals surface area (Å²) < 4.78 is 72.0. The van der Waals surface area contributed by atoms with Crippen LogP contribution in [-0.2, 0) is 26.8 Å². The lowest BCUT2D eigenvalue weighted by Gasteiger charge is -2.63. The number of carbonyl (C=O) groups is 2. The number of nitriles is 1. The van der Waals surface area contributed by atoms with Gasteiger partial charge in [-0.1, -0.05) is 6.07 Å². The van der Waals surface area contributed by atoms with E-state index in [0.717, 1.165) is 75.1 Å². The molecule has 11 rings (SSSR count). The average molecular weight is 938 g/mol. The topological polar surface area (TPSA) is 214 Å². The molecule has 0 radical (unpaired) electrons. The molecular formula is C46H49F2N11O7S. The number of nitrogens with two attached hydrogens (primary N) is 1. The normalized spacial score (nSPS) is 24.2. The molecule has 21 heteroatoms. The molecule has 2 spiro atoms. The first-order valence-corrected chi connectivity index (χ1v) is 24.1. The van der Waals surface area contributed by atoms with Crippen LogP contribution in [0.2, 0.25) is 0 Å². The number of benzene rings is 3. The number of piperidine rings is 1. The van der Waals surface area contributed by atoms with Gasteiger partial charge in [0.2, 0.25) is 5.91 Å². The molecule has 2 atom stereocenters. The van der Waals surface area contributed by atoms with Gasteiger partial charge in [-0.2, -0.15) is 23.1 Å². The number of nitrogens with zero attached hydrogens (tertiary/aromatic N) is 9. The highest BCUT2D eigenvalue weighted by atomic mass is 32.2. The maximum absolute atomic E-state index is 15.7. The van der Waals surface area contributed by atoms with Gasteiger partial charge in [-0.15, -0.1) is 0 Å². The average Bonchev–Trinajstić information content (AvgIpc) is 3.84. The quantitative estimate of drug-likeness (QED) is 0.206. The summed E-state index contributed by atoms with van der Waals surface area (Å²) in [5.41, 5.74) is 1.71. The van der Waals surface area contributed by atoms with E-state index in [1.165, 1.54) is 36.3 Å². The van der Waals surface area contributed by atoms with E-state index in [-0.39, 0.29) is 75.9 Å². The number of methoxy groups -OCH3 is 1. The fourth-order valence-electron chi connectivity index (χ4n) is 12.0. The summed E-state index contributed by atoms with van der Waals surface area (Å²) in [7, 11) is -0.992. The Bertz CT molecular complexity index is 3110. The molecule has 6 aliphatic rings. The van der Waals surface area contributed by atoms with E-state index in [1.807, 2.05) is 6.07 Å². The highest BCUT2D eigenvalue weighted by Gasteiger charge is 2.56. The van der Waals surface area contributed by atoms with E-state index in [1.54, 1.807) is 34.8 Å². The van der Waals surface area contributed by atoms with Crippen molar-refractivity contribution in [2.45, 2.75) is 75.6 Å². The van der Waals surface area contributed by atoms with Crippen molar-refractivity contribution in [1.82, 2.24) is 33.9 Å². The van der Waals surface area contributed by atoms with Crippen molar-refractivity contribution in [2.24, 2.45) is 23.0 Å². The third-order valence-corrected chi connectivity index (χ3v) is 16.6. The largest absolute Gasteiger partial charge is 0.453 e. The van der Waals surface area contributed by atoms with Crippen LogP contribution in [0.15, 0.2) is 53.6 Å². The molecule has 2 aliphatic carbocycles. The number of anilines is 2. The zero-order valence-electron chi connectivity index (χ0n) is 37.0. The Morgan fingerprint density at radius 3 is 2.37 bits per heavy atom. The van der Waals surface area contributed by atoms with Gasteiger partial charge in [-0.05, 0) is 105 Å². The second-order valence-electron chi connectivity index (χ2n) is 19.4. The number of fused-ring (bicyclic) bond motifs is 2. The van der Waals surface area contributed by atoms with Crippen molar-refractivity contribution in [3.63, 3.8) is 0 Å². The molecule has 3 aromatic carbocycles. The van der Waals surface area contributed by atoms with Gasteiger partial charge in [-0.3, -0.25) is 29.1 Å². The predicted octanol–water partition coefficient (Wildman–Crippen LogP) is 4.72. The minimum Gasteiger partial charge on any atom is -0.453 e. The summed E-state index contributed by atoms with van der Waals surface area (Å²) in [5.74, 6) is -1.51. The molecule has 4 aliphatic heterocycles. The number of hydrogen-bond acceptors (Lipinski definition) is 12. The van der Waals surface area contributed by atoms with Crippen molar-refractivity contribution < 1.29 is 36.3 Å². The number of amides is 3. The number of nitrogens with one attached hydrogen (secondary N) is 1. The van der Waals surface area contributed by atoms with Crippen LogP contribution >= 0.6 is 0 Å². The summed E-state index contributed by atoms with van der Waals surface area (Å²) in [6.45, 7) is 3.76. The van der Waals surface area contributed by atoms with Crippen LogP contribution in [0, 0.1) is 33.8 Å². The van der Waals surface area contributed by atoms with Crippen molar-refractivity contribution in [2.75, 3.05) is 56.2 Å². The van der Waals surface area contributed by atoms with E-state index in [0.29, 0.717) is 40.4 Å². The van der Waals surface area contributed by atoms with Gasteiger partial charge < -0.3 is 19.3 Å². The van der Waals surface area contributed by atoms with Gasteiger partial charge >= 0.3 is 6.03 Å². The maximum atomic E-state index is 15.7. The molecule has 5 aromatic rings. The molecule has 0 bridgehead atoms. The van der Waals surface area contributed by atoms with Crippen LogP contribution < -0.4 is 30.6 Å². The monoisotopic (exact) mass is 937 g/mol. The Morgan fingerprint density at radius 2 is 1.67 bits per heavy atom. The number of carbonyl (C=O) groups excluding carboxylic acids is 2. The molecule has 4 saturated heterocycles. The van der Waals surface area contributed by atoms with Crippen molar-refractivity contribution in [3.05, 3.63) is 81.9 Å². The molecule has 67 heavy (non-hydrogen) atoms. The third-order valence-electron chi connectivity index (χ3n) is 15.5. The minimum absolute atomic E-state index is 0.0258. The number of imide groups is 1. The number of halogens is 2. The SMILES string of the molecule is COC1CCN(S(N)(=O)=O)C1c1ccc(F)c(Oc2ccc3ncn(C4CC5(CCN(C6CC7(C6)CN(c6cc8c(cc6F)c(N6CCC(=O)NC6=O)nn8C)C7)CC5)C4)c(=O)c3c2)c1C#N. The number of urea groups is 1. The molecule has 6 heterocycles. The first-order chi connectivity index (χ1) is 32.1. The minimum atomic E-state index is -4.18. The highest BCUT2D eigenvalue weighted by molar-refractivity contribution is 7.86. The van der Waals surface area contributed by atoms with E-state index in [4.69, 9.17) is 14.6 Å². The first-order valence-electron chi connectivity index (χ1n) is 22.6. The van der Waals surface area contributed by atoms with E-state index in [2.05, 4.69) is 25.2 Å². The van der Waals surface area contributed by atoms with Crippen molar-refractivity contribution in [3.8, 4) is 17.6 Å². The highest BCUT2D eigenvalue weighted by Crippen LogP contribution is 2.57. The Labute approximate surface area is 384 Å². The molecular weight excluding hydrogens is 889 g/mol. The van der Waals surface area contributed by atoms with Crippen LogP contribution in [0.4, 0.5) is 25.1 Å². The molecule has 3 amide bonds. The second-order valence-corrected chi connectivity index (χ2v) is 20.9. The summed E-state index contributed by atoms with van der Waals surface area (Å²) in [6, 6.07) is 11.2. The zero-order valence-corrected chi connectivity index (χ0v) is 37.8. The van der Waals surface area contributed by atoms with Crippen LogP contribution in [-0.4, -0.2) is 107 Å². The number of likely N-dealkylation sites (tertiary alicyclic amines) is 1. The molecule has 2 aromatic heterocycles. The lowest BCUT2D eigenvalue weighted by molar-refractivity contribution is -0.120. The Balaban J connectivity index is 0.712. The van der Waals surface area contributed by atoms with Gasteiger partial charge in [0.05, 0.1) is 40.6 Å². The van der Waals surface area contributed by atoms with E-state index >= 15 is 8.78 Å². The number of ether oxygens (including phenoxy) is 2. The van der Waals surface area contributed by atoms with Gasteiger partial charge in [0.1, 0.15) is 23.2 Å². The maximum Gasteiger partial charge on any atom is 0.329 e. The standard InChI is InChI=1S/C46H49F2N11O7S/c1-54-36-17-37(34(48)16-31(36)42(53-54)57-11-8-39(60)52-44(57)62)56-23-46(24-56)18-26(19-46)55-13-9-45(10-14-55)20-27(21-45)58-25-51-35-6-3-28(15-30(35)43(58)61)66-41-32(22-49)29(4-5-33(41)47)40-38(65-2)7-12-59(40)67(50,63)64/h3-6,15-17,25-27,38,40H,7-14,18-21,23-24H2,1-2H3,(H2,50,63,64)(H,52,60,62). The lowest BCUT2D eigenvalue weighted by atomic mass is 9.57. The lowest BCUT2D eigenvalue weighted by Crippen LogP contribution is -2.67. The Hall–Kier alpha value is -6.05. The Morgan fingerprint density at radius 1 is 0.925 bits per heavy atom. The van der Waals surface area contributed by atoms with Gasteiger partial charge in [0, 0.05) is 69.6 Å². The molecule has 2 saturated carbocycles. The van der Waals surface area contributed by atoms with Crippen molar-refractivity contribution in [1.29, 1.82) is 5.26 Å².